The molecule has 4 N–H and O–H groups in total. The lowest BCUT2D eigenvalue weighted by Crippen LogP contribution is -2.42. The second-order valence-electron chi connectivity index (χ2n) is 7.88. The highest BCUT2D eigenvalue weighted by Crippen LogP contribution is 2.11. The Balaban J connectivity index is 1.36. The summed E-state index contributed by atoms with van der Waals surface area (Å²) in [4.78, 5) is 47.7. The first-order chi connectivity index (χ1) is 15.5. The van der Waals surface area contributed by atoms with Crippen LogP contribution in [0.3, 0.4) is 0 Å². The minimum atomic E-state index is -0.718. The Morgan fingerprint density at radius 2 is 1.16 bits per heavy atom. The summed E-state index contributed by atoms with van der Waals surface area (Å²) in [6.07, 6.45) is 3.62. The maximum absolute atomic E-state index is 12.0. The van der Waals surface area contributed by atoms with E-state index in [1.165, 1.54) is 0 Å². The lowest BCUT2D eigenvalue weighted by Gasteiger charge is -2.12. The van der Waals surface area contributed by atoms with E-state index in [1.54, 1.807) is 24.3 Å². The van der Waals surface area contributed by atoms with Gasteiger partial charge in [-0.05, 0) is 36.8 Å². The van der Waals surface area contributed by atoms with Crippen LogP contribution in [-0.2, 0) is 41.7 Å². The summed E-state index contributed by atoms with van der Waals surface area (Å²) in [6, 6.07) is 7.15. The van der Waals surface area contributed by atoms with Crippen LogP contribution in [0.25, 0.3) is 0 Å². The quantitative estimate of drug-likeness (QED) is 0.398. The maximum Gasteiger partial charge on any atom is 0.309 e. The first kappa shape index (κ1) is 23.7. The van der Waals surface area contributed by atoms with E-state index in [0.29, 0.717) is 26.3 Å². The van der Waals surface area contributed by atoms with Crippen LogP contribution in [0.5, 0.6) is 0 Å². The number of ether oxygens (including phenoxy) is 2. The van der Waals surface area contributed by atoms with Gasteiger partial charge in [-0.1, -0.05) is 24.3 Å². The van der Waals surface area contributed by atoms with Crippen LogP contribution in [0.15, 0.2) is 24.3 Å². The molecule has 10 heteroatoms. The summed E-state index contributed by atoms with van der Waals surface area (Å²) >= 11 is 0. The largest absolute Gasteiger partial charge is 0.376 e. The minimum Gasteiger partial charge on any atom is -0.376 e. The highest BCUT2D eigenvalue weighted by molar-refractivity contribution is 6.35. The van der Waals surface area contributed by atoms with E-state index in [1.807, 2.05) is 0 Å². The normalized spacial score (nSPS) is 19.9. The zero-order valence-corrected chi connectivity index (χ0v) is 18.0. The predicted molar refractivity (Wildman–Crippen MR) is 114 cm³/mol. The van der Waals surface area contributed by atoms with Gasteiger partial charge in [0, 0.05) is 39.4 Å². The van der Waals surface area contributed by atoms with E-state index in [-0.39, 0.29) is 25.3 Å². The van der Waals surface area contributed by atoms with Crippen LogP contribution in [0.1, 0.15) is 36.8 Å². The monoisotopic (exact) mass is 446 g/mol. The van der Waals surface area contributed by atoms with E-state index < -0.39 is 23.6 Å². The third kappa shape index (κ3) is 7.61. The van der Waals surface area contributed by atoms with Crippen molar-refractivity contribution in [1.82, 2.24) is 21.3 Å². The number of rotatable bonds is 8. The number of carbonyl (C=O) groups excluding carboxylic acids is 4. The molecule has 0 aliphatic carbocycles. The number of benzene rings is 1. The molecule has 174 valence electrons. The van der Waals surface area contributed by atoms with E-state index in [0.717, 1.165) is 36.8 Å². The molecule has 2 heterocycles. The Morgan fingerprint density at radius 1 is 0.719 bits per heavy atom. The Kier molecular flexibility index (Phi) is 9.00. The standard InChI is InChI=1S/C22H30N4O6/c27-19(21(29)25-13-17-6-2-8-31-17)23-11-15-4-1-5-16(10-15)12-24-20(28)22(30)26-14-18-7-3-9-32-18/h1,4-5,10,17-18H,2-3,6-9,11-14H2,(H,23,27)(H,24,28)(H,25,29)(H,26,30)/t17-,18+. The van der Waals surface area contributed by atoms with E-state index >= 15 is 0 Å². The molecule has 10 nitrogen and oxygen atoms in total. The first-order valence-electron chi connectivity index (χ1n) is 10.9. The molecule has 1 aromatic carbocycles. The molecule has 4 amide bonds. The summed E-state index contributed by atoms with van der Waals surface area (Å²) in [5, 5.41) is 10.3. The highest BCUT2D eigenvalue weighted by atomic mass is 16.5. The highest BCUT2D eigenvalue weighted by Gasteiger charge is 2.20. The molecule has 0 spiro atoms. The van der Waals surface area contributed by atoms with Crippen molar-refractivity contribution in [3.8, 4) is 0 Å². The van der Waals surface area contributed by atoms with Crippen molar-refractivity contribution < 1.29 is 28.7 Å². The van der Waals surface area contributed by atoms with Crippen LogP contribution in [-0.4, -0.2) is 62.1 Å². The van der Waals surface area contributed by atoms with E-state index in [2.05, 4.69) is 21.3 Å². The van der Waals surface area contributed by atoms with Crippen LogP contribution in [0.2, 0.25) is 0 Å². The number of amides is 4. The summed E-state index contributed by atoms with van der Waals surface area (Å²) in [6.45, 7) is 2.34. The number of hydrogen-bond donors (Lipinski definition) is 4. The molecule has 2 fully saturated rings. The fourth-order valence-corrected chi connectivity index (χ4v) is 3.56. The van der Waals surface area contributed by atoms with Crippen LogP contribution < -0.4 is 21.3 Å². The number of carbonyl (C=O) groups is 4. The van der Waals surface area contributed by atoms with Crippen LogP contribution in [0.4, 0.5) is 0 Å². The molecule has 0 radical (unpaired) electrons. The molecule has 2 saturated heterocycles. The fourth-order valence-electron chi connectivity index (χ4n) is 3.56. The van der Waals surface area contributed by atoms with Crippen molar-refractivity contribution in [2.45, 2.75) is 51.0 Å². The summed E-state index contributed by atoms with van der Waals surface area (Å²) < 4.78 is 10.8. The molecular formula is C22H30N4O6. The van der Waals surface area contributed by atoms with Gasteiger partial charge in [-0.25, -0.2) is 0 Å². The summed E-state index contributed by atoms with van der Waals surface area (Å²) in [5.41, 5.74) is 1.53. The number of hydrogen-bond acceptors (Lipinski definition) is 6. The van der Waals surface area contributed by atoms with Gasteiger partial charge in [-0.15, -0.1) is 0 Å². The van der Waals surface area contributed by atoms with Crippen LogP contribution >= 0.6 is 0 Å². The number of nitrogens with one attached hydrogen (secondary N) is 4. The van der Waals surface area contributed by atoms with Gasteiger partial charge in [0.2, 0.25) is 0 Å². The molecule has 2 aliphatic heterocycles. The maximum atomic E-state index is 12.0. The van der Waals surface area contributed by atoms with Crippen molar-refractivity contribution >= 4 is 23.6 Å². The van der Waals surface area contributed by atoms with Gasteiger partial charge in [0.15, 0.2) is 0 Å². The van der Waals surface area contributed by atoms with Crippen molar-refractivity contribution in [2.75, 3.05) is 26.3 Å². The molecule has 0 unspecified atom stereocenters. The van der Waals surface area contributed by atoms with E-state index in [4.69, 9.17) is 9.47 Å². The minimum absolute atomic E-state index is 0.0308. The van der Waals surface area contributed by atoms with Gasteiger partial charge in [0.1, 0.15) is 0 Å². The molecule has 3 rings (SSSR count). The van der Waals surface area contributed by atoms with Gasteiger partial charge >= 0.3 is 23.6 Å². The Bertz CT molecular complexity index is 755. The average Bonchev–Trinajstić information content (AvgIpc) is 3.52. The molecule has 0 saturated carbocycles. The van der Waals surface area contributed by atoms with Gasteiger partial charge in [-0.2, -0.15) is 0 Å². The molecular weight excluding hydrogens is 416 g/mol. The van der Waals surface area contributed by atoms with Crippen molar-refractivity contribution in [1.29, 1.82) is 0 Å². The molecule has 0 bridgehead atoms. The second kappa shape index (κ2) is 12.2. The Labute approximate surface area is 186 Å². The fraction of sp³-hybridized carbons (Fsp3) is 0.545. The lowest BCUT2D eigenvalue weighted by molar-refractivity contribution is -0.139. The van der Waals surface area contributed by atoms with Crippen molar-refractivity contribution in [3.05, 3.63) is 35.4 Å². The Morgan fingerprint density at radius 3 is 1.56 bits per heavy atom. The smallest absolute Gasteiger partial charge is 0.309 e. The zero-order chi connectivity index (χ0) is 22.8. The summed E-state index contributed by atoms with van der Waals surface area (Å²) in [7, 11) is 0. The molecule has 1 aromatic rings. The molecule has 2 atom stereocenters. The third-order valence-corrected chi connectivity index (χ3v) is 5.34. The van der Waals surface area contributed by atoms with Gasteiger partial charge < -0.3 is 30.7 Å². The summed E-state index contributed by atoms with van der Waals surface area (Å²) in [5.74, 6) is -2.83. The van der Waals surface area contributed by atoms with Gasteiger partial charge in [0.05, 0.1) is 12.2 Å². The van der Waals surface area contributed by atoms with Crippen molar-refractivity contribution in [3.63, 3.8) is 0 Å². The van der Waals surface area contributed by atoms with Crippen LogP contribution in [0, 0.1) is 0 Å². The topological polar surface area (TPSA) is 135 Å². The molecule has 32 heavy (non-hydrogen) atoms. The van der Waals surface area contributed by atoms with E-state index in [9.17, 15) is 19.2 Å². The molecule has 0 aromatic heterocycles. The first-order valence-corrected chi connectivity index (χ1v) is 10.9. The molecule has 2 aliphatic rings. The zero-order valence-electron chi connectivity index (χ0n) is 18.0. The lowest BCUT2D eigenvalue weighted by atomic mass is 10.1. The van der Waals surface area contributed by atoms with Crippen molar-refractivity contribution in [2.24, 2.45) is 0 Å². The second-order valence-corrected chi connectivity index (χ2v) is 7.88. The third-order valence-electron chi connectivity index (χ3n) is 5.34. The average molecular weight is 447 g/mol. The van der Waals surface area contributed by atoms with Gasteiger partial charge in [0.25, 0.3) is 0 Å². The SMILES string of the molecule is O=C(NCc1cccc(CNC(=O)C(=O)NC[C@@H]2CCCO2)c1)C(=O)NC[C@H]1CCCO1. The predicted octanol–water partition coefficient (Wildman–Crippen LogP) is -0.491. The Hall–Kier alpha value is -2.98. The van der Waals surface area contributed by atoms with Gasteiger partial charge in [-0.3, -0.25) is 19.2 Å².